The van der Waals surface area contributed by atoms with Gasteiger partial charge < -0.3 is 10.2 Å². The van der Waals surface area contributed by atoms with E-state index in [9.17, 15) is 9.59 Å². The van der Waals surface area contributed by atoms with E-state index in [1.54, 1.807) is 17.3 Å². The van der Waals surface area contributed by atoms with Crippen molar-refractivity contribution in [3.63, 3.8) is 0 Å². The topological polar surface area (TPSA) is 75.2 Å². The van der Waals surface area contributed by atoms with Crippen molar-refractivity contribution in [1.29, 1.82) is 0 Å². The molecule has 1 saturated heterocycles. The van der Waals surface area contributed by atoms with Crippen LogP contribution in [0.25, 0.3) is 11.1 Å². The summed E-state index contributed by atoms with van der Waals surface area (Å²) >= 11 is 0. The van der Waals surface area contributed by atoms with Gasteiger partial charge in [0.05, 0.1) is 6.54 Å². The molecule has 1 aliphatic heterocycles. The van der Waals surface area contributed by atoms with Gasteiger partial charge in [0.15, 0.2) is 0 Å². The van der Waals surface area contributed by atoms with Crippen LogP contribution in [0, 0.1) is 0 Å². The number of nitrogens with zero attached hydrogens (tertiary/aromatic N) is 3. The summed E-state index contributed by atoms with van der Waals surface area (Å²) in [6, 6.07) is 23.9. The first kappa shape index (κ1) is 22.5. The lowest BCUT2D eigenvalue weighted by Crippen LogP contribution is -2.49. The normalized spacial score (nSPS) is 13.9. The number of carbonyl (C=O) groups is 2. The zero-order chi connectivity index (χ0) is 24.3. The van der Waals surface area contributed by atoms with Crippen molar-refractivity contribution < 1.29 is 9.59 Å². The number of aromatic nitrogens is 2. The van der Waals surface area contributed by atoms with Gasteiger partial charge in [-0.2, -0.15) is 0 Å². The fourth-order valence-corrected chi connectivity index (χ4v) is 4.78. The van der Waals surface area contributed by atoms with Gasteiger partial charge in [0.25, 0.3) is 5.91 Å². The first-order valence-electron chi connectivity index (χ1n) is 11.6. The Labute approximate surface area is 204 Å². The van der Waals surface area contributed by atoms with E-state index in [1.807, 2.05) is 60.9 Å². The van der Waals surface area contributed by atoms with Crippen molar-refractivity contribution >= 4 is 11.8 Å². The van der Waals surface area contributed by atoms with E-state index in [0.29, 0.717) is 18.7 Å². The number of benzene rings is 2. The second-order valence-electron chi connectivity index (χ2n) is 8.81. The van der Waals surface area contributed by atoms with Crippen molar-refractivity contribution in [3.05, 3.63) is 120 Å². The molecule has 3 heterocycles. The average Bonchev–Trinajstić information content (AvgIpc) is 2.93. The summed E-state index contributed by atoms with van der Waals surface area (Å²) in [5.41, 5.74) is 5.18. The quantitative estimate of drug-likeness (QED) is 0.485. The Morgan fingerprint density at radius 2 is 1.63 bits per heavy atom. The Balaban J connectivity index is 1.62. The van der Waals surface area contributed by atoms with Gasteiger partial charge in [-0.25, -0.2) is 0 Å². The Bertz CT molecular complexity index is 1320. The first-order valence-corrected chi connectivity index (χ1v) is 11.6. The molecule has 5 rings (SSSR count). The second-order valence-corrected chi connectivity index (χ2v) is 8.81. The van der Waals surface area contributed by atoms with E-state index in [4.69, 9.17) is 0 Å². The molecule has 0 bridgehead atoms. The smallest absolute Gasteiger partial charge is 0.254 e. The van der Waals surface area contributed by atoms with E-state index in [-0.39, 0.29) is 18.4 Å². The molecule has 1 fully saturated rings. The summed E-state index contributed by atoms with van der Waals surface area (Å²) in [5, 5.41) is 2.77. The van der Waals surface area contributed by atoms with E-state index >= 15 is 0 Å². The third-order valence-electron chi connectivity index (χ3n) is 6.69. The van der Waals surface area contributed by atoms with Crippen LogP contribution in [0.4, 0.5) is 0 Å². The fraction of sp³-hybridized carbons (Fsp3) is 0.172. The summed E-state index contributed by atoms with van der Waals surface area (Å²) in [4.78, 5) is 35.4. The number of rotatable bonds is 5. The summed E-state index contributed by atoms with van der Waals surface area (Å²) in [6.07, 6.45) is 7.33. The maximum absolute atomic E-state index is 13.2. The zero-order valence-electron chi connectivity index (χ0n) is 19.5. The average molecular weight is 463 g/mol. The molecule has 2 aromatic carbocycles. The van der Waals surface area contributed by atoms with Gasteiger partial charge >= 0.3 is 0 Å². The summed E-state index contributed by atoms with van der Waals surface area (Å²) < 4.78 is 0. The minimum Gasteiger partial charge on any atom is -0.353 e. The SMILES string of the molecule is CC(c1cccnc1)(c1cccnc1)c1ccccc1-c1cccc(C(=O)N2CCNC(=O)C2)c1. The predicted molar refractivity (Wildman–Crippen MR) is 135 cm³/mol. The van der Waals surface area contributed by atoms with E-state index < -0.39 is 5.41 Å². The van der Waals surface area contributed by atoms with Gasteiger partial charge in [0.1, 0.15) is 0 Å². The number of carbonyl (C=O) groups excluding carboxylic acids is 2. The molecule has 6 heteroatoms. The van der Waals surface area contributed by atoms with E-state index in [0.717, 1.165) is 27.8 Å². The highest BCUT2D eigenvalue weighted by Gasteiger charge is 2.34. The van der Waals surface area contributed by atoms with Crippen LogP contribution in [-0.4, -0.2) is 46.3 Å². The van der Waals surface area contributed by atoms with Crippen LogP contribution < -0.4 is 5.32 Å². The van der Waals surface area contributed by atoms with Crippen LogP contribution in [0.15, 0.2) is 97.6 Å². The van der Waals surface area contributed by atoms with Crippen LogP contribution >= 0.6 is 0 Å². The molecule has 0 unspecified atom stereocenters. The first-order chi connectivity index (χ1) is 17.1. The molecule has 4 aromatic rings. The van der Waals surface area contributed by atoms with Crippen LogP contribution in [-0.2, 0) is 10.2 Å². The van der Waals surface area contributed by atoms with Crippen LogP contribution in [0.2, 0.25) is 0 Å². The highest BCUT2D eigenvalue weighted by Crippen LogP contribution is 2.42. The second kappa shape index (κ2) is 9.50. The zero-order valence-corrected chi connectivity index (χ0v) is 19.5. The molecule has 1 aliphatic rings. The molecule has 2 amide bonds. The lowest BCUT2D eigenvalue weighted by molar-refractivity contribution is -0.123. The monoisotopic (exact) mass is 462 g/mol. The maximum Gasteiger partial charge on any atom is 0.254 e. The van der Waals surface area contributed by atoms with Crippen LogP contribution in [0.1, 0.15) is 34.0 Å². The third kappa shape index (κ3) is 4.30. The molecule has 0 atom stereocenters. The van der Waals surface area contributed by atoms with E-state index in [2.05, 4.69) is 46.5 Å². The van der Waals surface area contributed by atoms with Gasteiger partial charge in [-0.1, -0.05) is 48.5 Å². The van der Waals surface area contributed by atoms with Gasteiger partial charge in [-0.3, -0.25) is 19.6 Å². The largest absolute Gasteiger partial charge is 0.353 e. The molecule has 0 radical (unpaired) electrons. The van der Waals surface area contributed by atoms with Gasteiger partial charge in [-0.15, -0.1) is 0 Å². The van der Waals surface area contributed by atoms with Crippen molar-refractivity contribution in [1.82, 2.24) is 20.2 Å². The van der Waals surface area contributed by atoms with Crippen molar-refractivity contribution in [2.45, 2.75) is 12.3 Å². The molecule has 6 nitrogen and oxygen atoms in total. The molecule has 174 valence electrons. The summed E-state index contributed by atoms with van der Waals surface area (Å²) in [5.74, 6) is -0.267. The van der Waals surface area contributed by atoms with Crippen molar-refractivity contribution in [2.75, 3.05) is 19.6 Å². The highest BCUT2D eigenvalue weighted by molar-refractivity contribution is 5.98. The number of hydrogen-bond acceptors (Lipinski definition) is 4. The van der Waals surface area contributed by atoms with Gasteiger partial charge in [-0.05, 0) is 59.0 Å². The van der Waals surface area contributed by atoms with Gasteiger partial charge in [0.2, 0.25) is 5.91 Å². The number of piperazine rings is 1. The molecular formula is C29H26N4O2. The fourth-order valence-electron chi connectivity index (χ4n) is 4.78. The Morgan fingerprint density at radius 3 is 2.29 bits per heavy atom. The number of hydrogen-bond donors (Lipinski definition) is 1. The molecular weight excluding hydrogens is 436 g/mol. The van der Waals surface area contributed by atoms with Crippen molar-refractivity contribution in [3.8, 4) is 11.1 Å². The molecule has 1 N–H and O–H groups in total. The minimum absolute atomic E-state index is 0.0831. The third-order valence-corrected chi connectivity index (χ3v) is 6.69. The van der Waals surface area contributed by atoms with Crippen molar-refractivity contribution in [2.24, 2.45) is 0 Å². The number of pyridine rings is 2. The molecule has 0 spiro atoms. The van der Waals surface area contributed by atoms with Crippen LogP contribution in [0.3, 0.4) is 0 Å². The highest BCUT2D eigenvalue weighted by atomic mass is 16.2. The summed E-state index contributed by atoms with van der Waals surface area (Å²) in [7, 11) is 0. The predicted octanol–water partition coefficient (Wildman–Crippen LogP) is 4.07. The standard InChI is InChI=1S/C29H26N4O2/c1-29(23-9-5-13-30-18-23,24-10-6-14-31-19-24)26-12-3-2-11-25(26)21-7-4-8-22(17-21)28(35)33-16-15-32-27(34)20-33/h2-14,17-19H,15-16,20H2,1H3,(H,32,34). The minimum atomic E-state index is -0.524. The molecule has 0 saturated carbocycles. The van der Waals surface area contributed by atoms with E-state index in [1.165, 1.54) is 0 Å². The molecule has 0 aliphatic carbocycles. The molecule has 2 aromatic heterocycles. The number of amides is 2. The molecule has 35 heavy (non-hydrogen) atoms. The lowest BCUT2D eigenvalue weighted by Gasteiger charge is -2.33. The Kier molecular flexibility index (Phi) is 6.10. The Hall–Kier alpha value is -4.32. The lowest BCUT2D eigenvalue weighted by atomic mass is 9.70. The van der Waals surface area contributed by atoms with Crippen LogP contribution in [0.5, 0.6) is 0 Å². The Morgan fingerprint density at radius 1 is 0.914 bits per heavy atom. The number of nitrogens with one attached hydrogen (secondary N) is 1. The van der Waals surface area contributed by atoms with Gasteiger partial charge in [0, 0.05) is 48.9 Å². The maximum atomic E-state index is 13.2. The summed E-state index contributed by atoms with van der Waals surface area (Å²) in [6.45, 7) is 3.24.